The van der Waals surface area contributed by atoms with Gasteiger partial charge in [-0.05, 0) is 24.8 Å². The Morgan fingerprint density at radius 3 is 2.62 bits per heavy atom. The van der Waals surface area contributed by atoms with Crippen molar-refractivity contribution in [1.29, 1.82) is 0 Å². The Balaban J connectivity index is 1.83. The maximum atomic E-state index is 5.88. The highest BCUT2D eigenvalue weighted by Gasteiger charge is 2.17. The molecule has 0 saturated heterocycles. The third kappa shape index (κ3) is 3.13. The van der Waals surface area contributed by atoms with Crippen molar-refractivity contribution in [2.75, 3.05) is 19.8 Å². The highest BCUT2D eigenvalue weighted by Crippen LogP contribution is 2.33. The molecule has 1 aliphatic rings. The lowest BCUT2D eigenvalue weighted by atomic mass is 9.94. The Hall–Kier alpha value is -1.75. The number of aromatic nitrogens is 2. The van der Waals surface area contributed by atoms with E-state index in [4.69, 9.17) is 15.2 Å². The number of nitrogens with two attached hydrogens (primary N) is 1. The number of nitrogens with zero attached hydrogens (tertiary/aromatic N) is 1. The van der Waals surface area contributed by atoms with Crippen LogP contribution in [0.25, 0.3) is 11.0 Å². The molecule has 21 heavy (non-hydrogen) atoms. The average Bonchev–Trinajstić information content (AvgIpc) is 2.84. The fourth-order valence-corrected chi connectivity index (χ4v) is 2.90. The lowest BCUT2D eigenvalue weighted by molar-refractivity contribution is 0.172. The van der Waals surface area contributed by atoms with E-state index in [-0.39, 0.29) is 0 Å². The van der Waals surface area contributed by atoms with E-state index in [9.17, 15) is 0 Å². The van der Waals surface area contributed by atoms with Crippen LogP contribution in [0, 0.1) is 11.8 Å². The van der Waals surface area contributed by atoms with Gasteiger partial charge in [-0.15, -0.1) is 0 Å². The van der Waals surface area contributed by atoms with Crippen LogP contribution >= 0.6 is 0 Å². The van der Waals surface area contributed by atoms with Crippen molar-refractivity contribution in [2.45, 2.75) is 26.7 Å². The summed E-state index contributed by atoms with van der Waals surface area (Å²) in [5.74, 6) is 3.68. The molecule has 5 nitrogen and oxygen atoms in total. The van der Waals surface area contributed by atoms with E-state index in [0.29, 0.717) is 31.6 Å². The van der Waals surface area contributed by atoms with Crippen LogP contribution < -0.4 is 15.2 Å². The van der Waals surface area contributed by atoms with Gasteiger partial charge in [-0.2, -0.15) is 0 Å². The van der Waals surface area contributed by atoms with Gasteiger partial charge in [-0.25, -0.2) is 4.98 Å². The van der Waals surface area contributed by atoms with E-state index in [2.05, 4.69) is 23.8 Å². The van der Waals surface area contributed by atoms with Crippen molar-refractivity contribution < 1.29 is 9.47 Å². The molecular weight excluding hydrogens is 266 g/mol. The minimum absolute atomic E-state index is 0.465. The largest absolute Gasteiger partial charge is 0.486 e. The number of aromatic amines is 1. The van der Waals surface area contributed by atoms with E-state index in [1.807, 2.05) is 12.1 Å². The van der Waals surface area contributed by atoms with Crippen molar-refractivity contribution in [3.05, 3.63) is 18.0 Å². The van der Waals surface area contributed by atoms with Gasteiger partial charge in [0.15, 0.2) is 11.5 Å². The molecule has 2 aromatic rings. The first kappa shape index (κ1) is 14.2. The lowest BCUT2D eigenvalue weighted by Crippen LogP contribution is -2.19. The molecule has 0 spiro atoms. The summed E-state index contributed by atoms with van der Waals surface area (Å²) in [6.45, 7) is 6.34. The summed E-state index contributed by atoms with van der Waals surface area (Å²) in [6.07, 6.45) is 2.01. The zero-order chi connectivity index (χ0) is 14.8. The third-order valence-electron chi connectivity index (χ3n) is 3.81. The SMILES string of the molecule is CC(C)CC(CN)Cc1nc2cc3c(cc2[nH]1)OCCO3. The molecule has 0 amide bonds. The number of ether oxygens (including phenoxy) is 2. The Bertz CT molecular complexity index is 578. The molecule has 1 aromatic heterocycles. The summed E-state index contributed by atoms with van der Waals surface area (Å²) in [5, 5.41) is 0. The number of fused-ring (bicyclic) bond motifs is 2. The van der Waals surface area contributed by atoms with Gasteiger partial charge >= 0.3 is 0 Å². The molecule has 0 bridgehead atoms. The van der Waals surface area contributed by atoms with Gasteiger partial charge in [-0.3, -0.25) is 0 Å². The van der Waals surface area contributed by atoms with Gasteiger partial charge in [0.2, 0.25) is 0 Å². The first-order valence-electron chi connectivity index (χ1n) is 7.64. The van der Waals surface area contributed by atoms with Crippen LogP contribution in [0.3, 0.4) is 0 Å². The predicted octanol–water partition coefficient (Wildman–Crippen LogP) is 2.50. The average molecular weight is 289 g/mol. The minimum Gasteiger partial charge on any atom is -0.486 e. The van der Waals surface area contributed by atoms with Crippen LogP contribution in [0.5, 0.6) is 11.5 Å². The van der Waals surface area contributed by atoms with Crippen molar-refractivity contribution in [3.63, 3.8) is 0 Å². The molecule has 2 heterocycles. The molecule has 3 rings (SSSR count). The molecule has 0 aliphatic carbocycles. The summed E-state index contributed by atoms with van der Waals surface area (Å²) >= 11 is 0. The summed E-state index contributed by atoms with van der Waals surface area (Å²) < 4.78 is 11.2. The van der Waals surface area contributed by atoms with Gasteiger partial charge in [0, 0.05) is 18.6 Å². The number of rotatable bonds is 5. The van der Waals surface area contributed by atoms with E-state index in [1.165, 1.54) is 0 Å². The second kappa shape index (κ2) is 5.93. The third-order valence-corrected chi connectivity index (χ3v) is 3.81. The Morgan fingerprint density at radius 2 is 1.95 bits per heavy atom. The van der Waals surface area contributed by atoms with Crippen LogP contribution in [-0.4, -0.2) is 29.7 Å². The molecule has 0 radical (unpaired) electrons. The van der Waals surface area contributed by atoms with Gasteiger partial charge in [-0.1, -0.05) is 13.8 Å². The van der Waals surface area contributed by atoms with E-state index < -0.39 is 0 Å². The number of imidazole rings is 1. The molecule has 1 aromatic carbocycles. The quantitative estimate of drug-likeness (QED) is 0.887. The maximum Gasteiger partial charge on any atom is 0.163 e. The van der Waals surface area contributed by atoms with Gasteiger partial charge in [0.05, 0.1) is 11.0 Å². The fourth-order valence-electron chi connectivity index (χ4n) is 2.90. The van der Waals surface area contributed by atoms with Gasteiger partial charge < -0.3 is 20.2 Å². The number of H-pyrrole nitrogens is 1. The minimum atomic E-state index is 0.465. The number of hydrogen-bond donors (Lipinski definition) is 2. The molecule has 0 saturated carbocycles. The second-order valence-electron chi connectivity index (χ2n) is 6.13. The molecule has 1 aliphatic heterocycles. The van der Waals surface area contributed by atoms with Gasteiger partial charge in [0.25, 0.3) is 0 Å². The number of benzene rings is 1. The Kier molecular flexibility index (Phi) is 4.01. The van der Waals surface area contributed by atoms with Gasteiger partial charge in [0.1, 0.15) is 19.0 Å². The van der Waals surface area contributed by atoms with E-state index in [0.717, 1.165) is 41.2 Å². The smallest absolute Gasteiger partial charge is 0.163 e. The van der Waals surface area contributed by atoms with Crippen LogP contribution in [-0.2, 0) is 6.42 Å². The highest BCUT2D eigenvalue weighted by molar-refractivity contribution is 5.79. The molecule has 5 heteroatoms. The summed E-state index contributed by atoms with van der Waals surface area (Å²) in [5.41, 5.74) is 7.80. The van der Waals surface area contributed by atoms with Crippen molar-refractivity contribution in [1.82, 2.24) is 9.97 Å². The maximum absolute atomic E-state index is 5.88. The van der Waals surface area contributed by atoms with Crippen LogP contribution in [0.15, 0.2) is 12.1 Å². The van der Waals surface area contributed by atoms with Crippen molar-refractivity contribution in [3.8, 4) is 11.5 Å². The molecule has 3 N–H and O–H groups in total. The second-order valence-corrected chi connectivity index (χ2v) is 6.13. The summed E-state index contributed by atoms with van der Waals surface area (Å²) in [6, 6.07) is 3.92. The standard InChI is InChI=1S/C16H23N3O2/c1-10(2)5-11(9-17)6-16-18-12-7-14-15(8-13(12)19-16)21-4-3-20-14/h7-8,10-11H,3-6,9,17H2,1-2H3,(H,18,19). The van der Waals surface area contributed by atoms with Crippen molar-refractivity contribution >= 4 is 11.0 Å². The first-order valence-corrected chi connectivity index (χ1v) is 7.64. The summed E-state index contributed by atoms with van der Waals surface area (Å²) in [4.78, 5) is 8.05. The summed E-state index contributed by atoms with van der Waals surface area (Å²) in [7, 11) is 0. The Morgan fingerprint density at radius 1 is 1.24 bits per heavy atom. The van der Waals surface area contributed by atoms with Crippen LogP contribution in [0.4, 0.5) is 0 Å². The normalized spacial score (nSPS) is 15.6. The lowest BCUT2D eigenvalue weighted by Gasteiger charge is -2.17. The molecular formula is C16H23N3O2. The zero-order valence-corrected chi connectivity index (χ0v) is 12.7. The molecule has 114 valence electrons. The van der Waals surface area contributed by atoms with E-state index in [1.54, 1.807) is 0 Å². The molecule has 1 unspecified atom stereocenters. The molecule has 1 atom stereocenters. The van der Waals surface area contributed by atoms with Crippen LogP contribution in [0.2, 0.25) is 0 Å². The zero-order valence-electron chi connectivity index (χ0n) is 12.7. The Labute approximate surface area is 124 Å². The molecule has 0 fully saturated rings. The van der Waals surface area contributed by atoms with Crippen LogP contribution in [0.1, 0.15) is 26.1 Å². The number of hydrogen-bond acceptors (Lipinski definition) is 4. The monoisotopic (exact) mass is 289 g/mol. The van der Waals surface area contributed by atoms with E-state index >= 15 is 0 Å². The fraction of sp³-hybridized carbons (Fsp3) is 0.562. The number of nitrogens with one attached hydrogen (secondary N) is 1. The topological polar surface area (TPSA) is 73.2 Å². The predicted molar refractivity (Wildman–Crippen MR) is 82.8 cm³/mol. The highest BCUT2D eigenvalue weighted by atomic mass is 16.6. The van der Waals surface area contributed by atoms with Crippen molar-refractivity contribution in [2.24, 2.45) is 17.6 Å². The first-order chi connectivity index (χ1) is 10.2.